The maximum atomic E-state index is 13.2. The lowest BCUT2D eigenvalue weighted by molar-refractivity contribution is 0.0563. The van der Waals surface area contributed by atoms with Crippen LogP contribution < -0.4 is 14.4 Å². The van der Waals surface area contributed by atoms with Crippen molar-refractivity contribution in [3.05, 3.63) is 53.8 Å². The van der Waals surface area contributed by atoms with E-state index in [2.05, 4.69) is 9.80 Å². The van der Waals surface area contributed by atoms with Gasteiger partial charge in [-0.1, -0.05) is 0 Å². The van der Waals surface area contributed by atoms with Crippen molar-refractivity contribution in [1.29, 1.82) is 0 Å². The van der Waals surface area contributed by atoms with Crippen LogP contribution in [0.5, 0.6) is 11.5 Å². The van der Waals surface area contributed by atoms with Crippen molar-refractivity contribution in [2.24, 2.45) is 0 Å². The number of anilines is 1. The molecule has 0 bridgehead atoms. The number of benzene rings is 2. The van der Waals surface area contributed by atoms with Gasteiger partial charge >= 0.3 is 0 Å². The molecule has 4 rings (SSSR count). The lowest BCUT2D eigenvalue weighted by Gasteiger charge is -2.44. The van der Waals surface area contributed by atoms with Crippen molar-refractivity contribution in [3.63, 3.8) is 0 Å². The number of methoxy groups -OCH3 is 2. The molecule has 1 atom stereocenters. The highest BCUT2D eigenvalue weighted by Gasteiger charge is 2.30. The molecule has 31 heavy (non-hydrogen) atoms. The minimum Gasteiger partial charge on any atom is -0.493 e. The summed E-state index contributed by atoms with van der Waals surface area (Å²) in [7, 11) is 3.17. The number of piperidine rings is 1. The zero-order chi connectivity index (χ0) is 21.8. The number of carbonyl (C=O) groups is 1. The van der Waals surface area contributed by atoms with Gasteiger partial charge in [0.15, 0.2) is 11.5 Å². The van der Waals surface area contributed by atoms with E-state index in [4.69, 9.17) is 9.47 Å². The van der Waals surface area contributed by atoms with Crippen LogP contribution in [0.1, 0.15) is 23.2 Å². The van der Waals surface area contributed by atoms with Gasteiger partial charge < -0.3 is 19.3 Å². The number of ether oxygens (including phenoxy) is 2. The van der Waals surface area contributed by atoms with Crippen molar-refractivity contribution >= 4 is 11.6 Å². The van der Waals surface area contributed by atoms with E-state index in [1.165, 1.54) is 12.1 Å². The predicted molar refractivity (Wildman–Crippen MR) is 119 cm³/mol. The lowest BCUT2D eigenvalue weighted by Crippen LogP contribution is -2.55. The smallest absolute Gasteiger partial charge is 0.254 e. The van der Waals surface area contributed by atoms with E-state index in [9.17, 15) is 9.18 Å². The lowest BCUT2D eigenvalue weighted by atomic mass is 10.0. The van der Waals surface area contributed by atoms with Gasteiger partial charge in [0.1, 0.15) is 5.82 Å². The van der Waals surface area contributed by atoms with Crippen LogP contribution in [0.25, 0.3) is 0 Å². The van der Waals surface area contributed by atoms with Crippen molar-refractivity contribution in [1.82, 2.24) is 9.80 Å². The molecule has 6 nitrogen and oxygen atoms in total. The summed E-state index contributed by atoms with van der Waals surface area (Å²) in [4.78, 5) is 19.9. The van der Waals surface area contributed by atoms with Crippen molar-refractivity contribution in [3.8, 4) is 11.5 Å². The Kier molecular flexibility index (Phi) is 6.61. The number of amides is 1. The number of halogens is 1. The van der Waals surface area contributed by atoms with Crippen LogP contribution >= 0.6 is 0 Å². The number of carbonyl (C=O) groups excluding carboxylic acids is 1. The second kappa shape index (κ2) is 9.56. The summed E-state index contributed by atoms with van der Waals surface area (Å²) in [5.41, 5.74) is 1.69. The Morgan fingerprint density at radius 3 is 2.32 bits per heavy atom. The van der Waals surface area contributed by atoms with Gasteiger partial charge in [-0.3, -0.25) is 9.69 Å². The third-order valence-electron chi connectivity index (χ3n) is 6.34. The molecule has 2 aliphatic rings. The van der Waals surface area contributed by atoms with Crippen LogP contribution in [0, 0.1) is 5.82 Å². The van der Waals surface area contributed by atoms with Crippen molar-refractivity contribution < 1.29 is 18.7 Å². The highest BCUT2D eigenvalue weighted by molar-refractivity contribution is 5.95. The van der Waals surface area contributed by atoms with E-state index in [-0.39, 0.29) is 11.7 Å². The first-order chi connectivity index (χ1) is 15.1. The first-order valence-corrected chi connectivity index (χ1v) is 10.8. The fourth-order valence-electron chi connectivity index (χ4n) is 4.59. The molecule has 1 unspecified atom stereocenters. The molecular formula is C24H30FN3O3. The molecule has 0 saturated carbocycles. The van der Waals surface area contributed by atoms with Gasteiger partial charge in [-0.05, 0) is 55.3 Å². The molecule has 0 spiro atoms. The van der Waals surface area contributed by atoms with Crippen LogP contribution in [0.4, 0.5) is 10.1 Å². The second-order valence-corrected chi connectivity index (χ2v) is 8.12. The molecule has 2 aliphatic heterocycles. The summed E-state index contributed by atoms with van der Waals surface area (Å²) >= 11 is 0. The summed E-state index contributed by atoms with van der Waals surface area (Å²) < 4.78 is 23.8. The largest absolute Gasteiger partial charge is 0.493 e. The SMILES string of the molecule is COc1ccc(C(=O)N2CCCC(N3CCN(c4ccc(F)cc4)CC3)C2)cc1OC. The molecule has 2 heterocycles. The number of likely N-dealkylation sites (tertiary alicyclic amines) is 1. The van der Waals surface area contributed by atoms with Gasteiger partial charge in [-0.2, -0.15) is 0 Å². The van der Waals surface area contributed by atoms with Gasteiger partial charge in [-0.25, -0.2) is 4.39 Å². The summed E-state index contributed by atoms with van der Waals surface area (Å²) in [6, 6.07) is 12.4. The molecule has 2 saturated heterocycles. The standard InChI is InChI=1S/C24H30FN3O3/c1-30-22-10-5-18(16-23(22)31-2)24(29)28-11-3-4-21(17-28)27-14-12-26(13-15-27)20-8-6-19(25)7-9-20/h5-10,16,21H,3-4,11-15,17H2,1-2H3. The Morgan fingerprint density at radius 2 is 1.65 bits per heavy atom. The molecule has 166 valence electrons. The topological polar surface area (TPSA) is 45.2 Å². The number of nitrogens with zero attached hydrogens (tertiary/aromatic N) is 3. The quantitative estimate of drug-likeness (QED) is 0.733. The van der Waals surface area contributed by atoms with Crippen LogP contribution in [-0.4, -0.2) is 75.2 Å². The Hall–Kier alpha value is -2.80. The summed E-state index contributed by atoms with van der Waals surface area (Å²) in [5, 5.41) is 0. The Morgan fingerprint density at radius 1 is 0.935 bits per heavy atom. The molecule has 1 amide bonds. The van der Waals surface area contributed by atoms with Gasteiger partial charge in [0.2, 0.25) is 0 Å². The molecular weight excluding hydrogens is 397 g/mol. The van der Waals surface area contributed by atoms with E-state index in [0.717, 1.165) is 57.8 Å². The molecule has 2 aromatic rings. The summed E-state index contributed by atoms with van der Waals surface area (Å²) in [6.45, 7) is 5.22. The fraction of sp³-hybridized carbons (Fsp3) is 0.458. The fourth-order valence-corrected chi connectivity index (χ4v) is 4.59. The van der Waals surface area contributed by atoms with Crippen LogP contribution in [0.3, 0.4) is 0 Å². The summed E-state index contributed by atoms with van der Waals surface area (Å²) in [5.74, 6) is 1.02. The number of piperazine rings is 1. The Bertz CT molecular complexity index is 897. The molecule has 2 aromatic carbocycles. The first kappa shape index (κ1) is 21.4. The third kappa shape index (κ3) is 4.77. The number of hydrogen-bond acceptors (Lipinski definition) is 5. The van der Waals surface area contributed by atoms with Crippen LogP contribution in [0.15, 0.2) is 42.5 Å². The highest BCUT2D eigenvalue weighted by Crippen LogP contribution is 2.29. The zero-order valence-electron chi connectivity index (χ0n) is 18.2. The predicted octanol–water partition coefficient (Wildman–Crippen LogP) is 3.27. The minimum absolute atomic E-state index is 0.0376. The molecule has 7 heteroatoms. The molecule has 2 fully saturated rings. The van der Waals surface area contributed by atoms with Gasteiger partial charge in [0, 0.05) is 56.6 Å². The van der Waals surface area contributed by atoms with Crippen molar-refractivity contribution in [2.75, 3.05) is 58.4 Å². The molecule has 0 aromatic heterocycles. The highest BCUT2D eigenvalue weighted by atomic mass is 19.1. The first-order valence-electron chi connectivity index (χ1n) is 10.8. The normalized spacial score (nSPS) is 19.9. The minimum atomic E-state index is -0.205. The van der Waals surface area contributed by atoms with E-state index in [0.29, 0.717) is 23.1 Å². The number of rotatable bonds is 5. The molecule has 0 aliphatic carbocycles. The van der Waals surface area contributed by atoms with Crippen LogP contribution in [-0.2, 0) is 0 Å². The molecule has 0 radical (unpaired) electrons. The average molecular weight is 428 g/mol. The maximum absolute atomic E-state index is 13.2. The molecule has 0 N–H and O–H groups in total. The number of hydrogen-bond donors (Lipinski definition) is 0. The Labute approximate surface area is 183 Å². The average Bonchev–Trinajstić information content (AvgIpc) is 2.84. The maximum Gasteiger partial charge on any atom is 0.254 e. The zero-order valence-corrected chi connectivity index (χ0v) is 18.2. The van der Waals surface area contributed by atoms with E-state index < -0.39 is 0 Å². The van der Waals surface area contributed by atoms with E-state index in [1.54, 1.807) is 32.4 Å². The van der Waals surface area contributed by atoms with E-state index in [1.807, 2.05) is 17.0 Å². The van der Waals surface area contributed by atoms with Gasteiger partial charge in [0.05, 0.1) is 14.2 Å². The second-order valence-electron chi connectivity index (χ2n) is 8.12. The van der Waals surface area contributed by atoms with Crippen molar-refractivity contribution in [2.45, 2.75) is 18.9 Å². The van der Waals surface area contributed by atoms with E-state index >= 15 is 0 Å². The van der Waals surface area contributed by atoms with Crippen LogP contribution in [0.2, 0.25) is 0 Å². The Balaban J connectivity index is 1.36. The van der Waals surface area contributed by atoms with Gasteiger partial charge in [0.25, 0.3) is 5.91 Å². The third-order valence-corrected chi connectivity index (χ3v) is 6.34. The summed E-state index contributed by atoms with van der Waals surface area (Å²) in [6.07, 6.45) is 2.11. The van der Waals surface area contributed by atoms with Gasteiger partial charge in [-0.15, -0.1) is 0 Å². The monoisotopic (exact) mass is 427 g/mol.